The summed E-state index contributed by atoms with van der Waals surface area (Å²) in [6.07, 6.45) is 2.45. The quantitative estimate of drug-likeness (QED) is 0.247. The highest BCUT2D eigenvalue weighted by Crippen LogP contribution is 2.33. The number of hydrogen-bond donors (Lipinski definition) is 2. The van der Waals surface area contributed by atoms with Crippen molar-refractivity contribution in [2.24, 2.45) is 5.10 Å². The monoisotopic (exact) mass is 557 g/mol. The van der Waals surface area contributed by atoms with Gasteiger partial charge >= 0.3 is 0 Å². The molecule has 2 rings (SSSR count). The molecular weight excluding hydrogens is 533 g/mol. The maximum atomic E-state index is 12.0. The molecule has 2 amide bonds. The summed E-state index contributed by atoms with van der Waals surface area (Å²) in [6, 6.07) is 8.91. The first-order valence-electron chi connectivity index (χ1n) is 9.72. The van der Waals surface area contributed by atoms with Crippen molar-refractivity contribution in [3.05, 3.63) is 50.1 Å². The van der Waals surface area contributed by atoms with Crippen LogP contribution in [0, 0.1) is 10.5 Å². The van der Waals surface area contributed by atoms with E-state index in [9.17, 15) is 9.59 Å². The van der Waals surface area contributed by atoms with Gasteiger partial charge in [0.1, 0.15) is 0 Å². The minimum absolute atomic E-state index is 0.00736. The summed E-state index contributed by atoms with van der Waals surface area (Å²) >= 11 is 8.21. The van der Waals surface area contributed by atoms with Crippen LogP contribution in [-0.2, 0) is 9.59 Å². The third-order valence-corrected chi connectivity index (χ3v) is 5.35. The first-order valence-corrected chi connectivity index (χ1v) is 11.2. The number of hydrazone groups is 1. The van der Waals surface area contributed by atoms with Crippen LogP contribution in [0.15, 0.2) is 35.4 Å². The highest BCUT2D eigenvalue weighted by molar-refractivity contribution is 14.1. The Morgan fingerprint density at radius 2 is 1.94 bits per heavy atom. The fraction of sp³-hybridized carbons (Fsp3) is 0.318. The molecule has 9 heteroatoms. The number of methoxy groups -OCH3 is 1. The lowest BCUT2D eigenvalue weighted by Crippen LogP contribution is -2.20. The van der Waals surface area contributed by atoms with Crippen LogP contribution in [0.25, 0.3) is 0 Å². The molecule has 0 heterocycles. The summed E-state index contributed by atoms with van der Waals surface area (Å²) in [7, 11) is 1.57. The molecule has 2 aromatic rings. The molecule has 0 fully saturated rings. The second kappa shape index (κ2) is 12.5. The SMILES string of the molecule is CCCOc1c(I)cc(C=NNC(=O)CCC(=O)Nc2ccc(C)c(Cl)c2)cc1OC. The normalized spacial score (nSPS) is 10.7. The molecule has 0 aliphatic carbocycles. The van der Waals surface area contributed by atoms with Gasteiger partial charge in [0.25, 0.3) is 0 Å². The van der Waals surface area contributed by atoms with Gasteiger partial charge in [0.2, 0.25) is 11.8 Å². The number of ether oxygens (including phenoxy) is 2. The van der Waals surface area contributed by atoms with Gasteiger partial charge in [-0.1, -0.05) is 24.6 Å². The summed E-state index contributed by atoms with van der Waals surface area (Å²) in [6.45, 7) is 4.51. The Kier molecular flexibility index (Phi) is 10.1. The number of benzene rings is 2. The van der Waals surface area contributed by atoms with Crippen LogP contribution < -0.4 is 20.2 Å². The van der Waals surface area contributed by atoms with E-state index in [1.807, 2.05) is 26.0 Å². The van der Waals surface area contributed by atoms with Gasteiger partial charge in [-0.3, -0.25) is 9.59 Å². The Bertz CT molecular complexity index is 966. The van der Waals surface area contributed by atoms with Crippen molar-refractivity contribution < 1.29 is 19.1 Å². The van der Waals surface area contributed by atoms with Gasteiger partial charge in [-0.15, -0.1) is 0 Å². The van der Waals surface area contributed by atoms with Crippen LogP contribution in [0.4, 0.5) is 5.69 Å². The molecular formula is C22H25ClIN3O4. The van der Waals surface area contributed by atoms with Gasteiger partial charge < -0.3 is 14.8 Å². The number of nitrogens with one attached hydrogen (secondary N) is 2. The number of anilines is 1. The first kappa shape index (κ1) is 24.9. The second-order valence-corrected chi connectivity index (χ2v) is 8.26. The molecule has 7 nitrogen and oxygen atoms in total. The lowest BCUT2D eigenvalue weighted by Gasteiger charge is -2.12. The highest BCUT2D eigenvalue weighted by atomic mass is 127. The smallest absolute Gasteiger partial charge is 0.240 e. The van der Waals surface area contributed by atoms with Crippen molar-refractivity contribution in [3.8, 4) is 11.5 Å². The predicted molar refractivity (Wildman–Crippen MR) is 131 cm³/mol. The average Bonchev–Trinajstić information content (AvgIpc) is 2.74. The molecule has 0 aromatic heterocycles. The molecule has 0 spiro atoms. The molecule has 0 radical (unpaired) electrons. The average molecular weight is 558 g/mol. The summed E-state index contributed by atoms with van der Waals surface area (Å²) in [5.41, 5.74) is 4.69. The van der Waals surface area contributed by atoms with Crippen LogP contribution in [0.1, 0.15) is 37.3 Å². The number of amides is 2. The Morgan fingerprint density at radius 3 is 2.61 bits per heavy atom. The lowest BCUT2D eigenvalue weighted by molar-refractivity contribution is -0.124. The molecule has 0 saturated heterocycles. The van der Waals surface area contributed by atoms with Crippen molar-refractivity contribution in [3.63, 3.8) is 0 Å². The van der Waals surface area contributed by atoms with Crippen molar-refractivity contribution in [1.29, 1.82) is 0 Å². The van der Waals surface area contributed by atoms with E-state index in [0.717, 1.165) is 21.1 Å². The Hall–Kier alpha value is -2.33. The molecule has 0 bridgehead atoms. The van der Waals surface area contributed by atoms with Crippen LogP contribution in [0.3, 0.4) is 0 Å². The summed E-state index contributed by atoms with van der Waals surface area (Å²) in [5.74, 6) is 0.645. The third-order valence-electron chi connectivity index (χ3n) is 4.14. The molecule has 0 unspecified atom stereocenters. The van der Waals surface area contributed by atoms with Crippen molar-refractivity contribution in [2.45, 2.75) is 33.1 Å². The van der Waals surface area contributed by atoms with E-state index in [0.29, 0.717) is 28.8 Å². The van der Waals surface area contributed by atoms with Crippen LogP contribution in [0.2, 0.25) is 5.02 Å². The first-order chi connectivity index (χ1) is 14.8. The Balaban J connectivity index is 1.85. The van der Waals surface area contributed by atoms with Crippen LogP contribution >= 0.6 is 34.2 Å². The minimum atomic E-state index is -0.363. The fourth-order valence-corrected chi connectivity index (χ4v) is 3.48. The van der Waals surface area contributed by atoms with Gasteiger partial charge in [-0.05, 0) is 71.3 Å². The number of hydrogen-bond acceptors (Lipinski definition) is 5. The fourth-order valence-electron chi connectivity index (χ4n) is 2.51. The standard InChI is InChI=1S/C22H25ClIN3O4/c1-4-9-31-22-18(24)10-15(11-19(22)30-3)13-25-27-21(29)8-7-20(28)26-16-6-5-14(2)17(23)12-16/h5-6,10-13H,4,7-9H2,1-3H3,(H,26,28)(H,27,29). The van der Waals surface area contributed by atoms with E-state index < -0.39 is 0 Å². The van der Waals surface area contributed by atoms with Gasteiger partial charge in [0.15, 0.2) is 11.5 Å². The predicted octanol–water partition coefficient (Wildman–Crippen LogP) is 4.92. The molecule has 166 valence electrons. The zero-order chi connectivity index (χ0) is 22.8. The van der Waals surface area contributed by atoms with Gasteiger partial charge in [0, 0.05) is 23.6 Å². The van der Waals surface area contributed by atoms with E-state index >= 15 is 0 Å². The molecule has 2 N–H and O–H groups in total. The molecule has 0 saturated carbocycles. The van der Waals surface area contributed by atoms with Crippen LogP contribution in [-0.4, -0.2) is 31.7 Å². The van der Waals surface area contributed by atoms with E-state index in [4.69, 9.17) is 21.1 Å². The Morgan fingerprint density at radius 1 is 1.19 bits per heavy atom. The molecule has 31 heavy (non-hydrogen) atoms. The number of carbonyl (C=O) groups is 2. The van der Waals surface area contributed by atoms with Crippen molar-refractivity contribution in [1.82, 2.24) is 5.43 Å². The number of rotatable bonds is 10. The van der Waals surface area contributed by atoms with E-state index in [1.165, 1.54) is 6.21 Å². The van der Waals surface area contributed by atoms with E-state index in [2.05, 4.69) is 38.4 Å². The molecule has 0 aliphatic heterocycles. The molecule has 2 aromatic carbocycles. The number of nitrogens with zero attached hydrogens (tertiary/aromatic N) is 1. The van der Waals surface area contributed by atoms with E-state index in [1.54, 1.807) is 25.3 Å². The summed E-state index contributed by atoms with van der Waals surface area (Å²) in [4.78, 5) is 24.0. The maximum absolute atomic E-state index is 12.0. The largest absolute Gasteiger partial charge is 0.493 e. The van der Waals surface area contributed by atoms with Gasteiger partial charge in [-0.25, -0.2) is 5.43 Å². The maximum Gasteiger partial charge on any atom is 0.240 e. The van der Waals surface area contributed by atoms with Gasteiger partial charge in [0.05, 0.1) is 23.5 Å². The van der Waals surface area contributed by atoms with Gasteiger partial charge in [-0.2, -0.15) is 5.10 Å². The second-order valence-electron chi connectivity index (χ2n) is 6.69. The number of carbonyl (C=O) groups excluding carboxylic acids is 2. The van der Waals surface area contributed by atoms with E-state index in [-0.39, 0.29) is 24.7 Å². The zero-order valence-electron chi connectivity index (χ0n) is 17.6. The summed E-state index contributed by atoms with van der Waals surface area (Å²) < 4.78 is 12.0. The zero-order valence-corrected chi connectivity index (χ0v) is 20.5. The molecule has 0 aliphatic rings. The third kappa shape index (κ3) is 8.02. The number of halogens is 2. The summed E-state index contributed by atoms with van der Waals surface area (Å²) in [5, 5.41) is 7.25. The number of aryl methyl sites for hydroxylation is 1. The highest BCUT2D eigenvalue weighted by Gasteiger charge is 2.11. The van der Waals surface area contributed by atoms with Crippen molar-refractivity contribution in [2.75, 3.05) is 19.0 Å². The minimum Gasteiger partial charge on any atom is -0.493 e. The van der Waals surface area contributed by atoms with Crippen LogP contribution in [0.5, 0.6) is 11.5 Å². The topological polar surface area (TPSA) is 89.0 Å². The lowest BCUT2D eigenvalue weighted by atomic mass is 10.2. The van der Waals surface area contributed by atoms with Crippen molar-refractivity contribution >= 4 is 57.9 Å². The molecule has 0 atom stereocenters. The Labute approximate surface area is 200 Å².